The second-order valence-electron chi connectivity index (χ2n) is 4.85. The zero-order valence-corrected chi connectivity index (χ0v) is 14.0. The normalized spacial score (nSPS) is 11.2. The lowest BCUT2D eigenvalue weighted by Crippen LogP contribution is -2.12. The van der Waals surface area contributed by atoms with E-state index in [0.29, 0.717) is 5.69 Å². The average Bonchev–Trinajstić information content (AvgIpc) is 3.03. The second kappa shape index (κ2) is 6.44. The van der Waals surface area contributed by atoms with E-state index in [-0.39, 0.29) is 4.90 Å². The predicted molar refractivity (Wildman–Crippen MR) is 93.6 cm³/mol. The first kappa shape index (κ1) is 15.6. The van der Waals surface area contributed by atoms with Crippen LogP contribution in [0.2, 0.25) is 0 Å². The number of anilines is 1. The van der Waals surface area contributed by atoms with Crippen LogP contribution in [-0.4, -0.2) is 15.5 Å². The molecule has 0 radical (unpaired) electrons. The second-order valence-corrected chi connectivity index (χ2v) is 7.27. The molecule has 0 bridgehead atoms. The summed E-state index contributed by atoms with van der Waals surface area (Å²) >= 11 is 1.45. The van der Waals surface area contributed by atoms with Crippen molar-refractivity contribution in [3.8, 4) is 16.9 Å². The minimum Gasteiger partial charge on any atom is -0.497 e. The van der Waals surface area contributed by atoms with Crippen molar-refractivity contribution in [2.24, 2.45) is 0 Å². The van der Waals surface area contributed by atoms with Gasteiger partial charge in [-0.05, 0) is 29.8 Å². The Kier molecular flexibility index (Phi) is 4.36. The van der Waals surface area contributed by atoms with Crippen LogP contribution in [0.5, 0.6) is 5.75 Å². The number of rotatable bonds is 5. The van der Waals surface area contributed by atoms with Gasteiger partial charge in [-0.15, -0.1) is 11.3 Å². The van der Waals surface area contributed by atoms with Crippen LogP contribution in [0.1, 0.15) is 0 Å². The Balaban J connectivity index is 1.92. The molecule has 3 rings (SSSR count). The highest BCUT2D eigenvalue weighted by Crippen LogP contribution is 2.34. The number of hydrogen-bond donors (Lipinski definition) is 1. The maximum atomic E-state index is 12.5. The van der Waals surface area contributed by atoms with Crippen molar-refractivity contribution in [2.75, 3.05) is 11.8 Å². The third-order valence-electron chi connectivity index (χ3n) is 3.36. The van der Waals surface area contributed by atoms with Crippen molar-refractivity contribution in [3.63, 3.8) is 0 Å². The lowest BCUT2D eigenvalue weighted by Gasteiger charge is -2.09. The zero-order valence-electron chi connectivity index (χ0n) is 12.4. The van der Waals surface area contributed by atoms with Gasteiger partial charge in [-0.2, -0.15) is 0 Å². The quantitative estimate of drug-likeness (QED) is 0.753. The minimum absolute atomic E-state index is 0.242. The van der Waals surface area contributed by atoms with Gasteiger partial charge in [0.25, 0.3) is 10.0 Å². The number of methoxy groups -OCH3 is 1. The van der Waals surface area contributed by atoms with Crippen molar-refractivity contribution in [3.05, 3.63) is 65.4 Å². The summed E-state index contributed by atoms with van der Waals surface area (Å²) < 4.78 is 32.7. The summed E-state index contributed by atoms with van der Waals surface area (Å²) in [4.78, 5) is 0.242. The van der Waals surface area contributed by atoms with Crippen LogP contribution in [0.3, 0.4) is 0 Å². The number of ether oxygens (including phenoxy) is 1. The van der Waals surface area contributed by atoms with E-state index < -0.39 is 10.0 Å². The van der Waals surface area contributed by atoms with E-state index in [9.17, 15) is 8.42 Å². The van der Waals surface area contributed by atoms with Gasteiger partial charge < -0.3 is 4.74 Å². The molecule has 0 saturated carbocycles. The Morgan fingerprint density at radius 1 is 0.957 bits per heavy atom. The first-order valence-corrected chi connectivity index (χ1v) is 9.31. The van der Waals surface area contributed by atoms with Gasteiger partial charge >= 0.3 is 0 Å². The van der Waals surface area contributed by atoms with Crippen molar-refractivity contribution >= 4 is 27.0 Å². The van der Waals surface area contributed by atoms with Crippen LogP contribution in [0.25, 0.3) is 11.1 Å². The Labute approximate surface area is 139 Å². The van der Waals surface area contributed by atoms with Gasteiger partial charge in [0.15, 0.2) is 0 Å². The maximum Gasteiger partial charge on any atom is 0.261 e. The van der Waals surface area contributed by atoms with E-state index in [1.54, 1.807) is 42.8 Å². The van der Waals surface area contributed by atoms with Crippen molar-refractivity contribution in [1.29, 1.82) is 0 Å². The van der Waals surface area contributed by atoms with E-state index in [0.717, 1.165) is 16.9 Å². The van der Waals surface area contributed by atoms with E-state index in [1.807, 2.05) is 29.6 Å². The van der Waals surface area contributed by atoms with Crippen LogP contribution in [-0.2, 0) is 10.0 Å². The standard InChI is InChI=1S/C17H15NO3S2/c1-21-14-9-7-13(8-10-14)16-11-22-12-17(16)18-23(19,20)15-5-3-2-4-6-15/h2-12,18H,1H3. The summed E-state index contributed by atoms with van der Waals surface area (Å²) in [5.41, 5.74) is 2.35. The molecule has 0 atom stereocenters. The largest absolute Gasteiger partial charge is 0.497 e. The topological polar surface area (TPSA) is 55.4 Å². The number of nitrogens with one attached hydrogen (secondary N) is 1. The Hall–Kier alpha value is -2.31. The van der Waals surface area contributed by atoms with E-state index >= 15 is 0 Å². The molecule has 6 heteroatoms. The molecule has 0 spiro atoms. The third kappa shape index (κ3) is 3.38. The first-order chi connectivity index (χ1) is 11.1. The van der Waals surface area contributed by atoms with Gasteiger partial charge in [-0.25, -0.2) is 8.42 Å². The number of thiophene rings is 1. The Bertz CT molecular complexity index is 885. The predicted octanol–water partition coefficient (Wildman–Crippen LogP) is 4.22. The molecule has 0 aliphatic heterocycles. The van der Waals surface area contributed by atoms with E-state index in [2.05, 4.69) is 4.72 Å². The van der Waals surface area contributed by atoms with Crippen molar-refractivity contribution in [2.45, 2.75) is 4.90 Å². The Morgan fingerprint density at radius 2 is 1.65 bits per heavy atom. The summed E-state index contributed by atoms with van der Waals surface area (Å²) in [5.74, 6) is 0.760. The monoisotopic (exact) mass is 345 g/mol. The molecule has 3 aromatic rings. The van der Waals surface area contributed by atoms with Crippen LogP contribution in [0, 0.1) is 0 Å². The molecular weight excluding hydrogens is 330 g/mol. The lowest BCUT2D eigenvalue weighted by molar-refractivity contribution is 0.415. The average molecular weight is 345 g/mol. The van der Waals surface area contributed by atoms with E-state index in [1.165, 1.54) is 11.3 Å². The minimum atomic E-state index is -3.59. The van der Waals surface area contributed by atoms with Gasteiger partial charge in [-0.3, -0.25) is 4.72 Å². The number of benzene rings is 2. The zero-order chi connectivity index (χ0) is 16.3. The Morgan fingerprint density at radius 3 is 2.30 bits per heavy atom. The molecule has 0 aliphatic rings. The van der Waals surface area contributed by atoms with E-state index in [4.69, 9.17) is 4.74 Å². The fraction of sp³-hybridized carbons (Fsp3) is 0.0588. The van der Waals surface area contributed by atoms with Gasteiger partial charge in [0, 0.05) is 16.3 Å². The molecule has 4 nitrogen and oxygen atoms in total. The summed E-state index contributed by atoms with van der Waals surface area (Å²) in [5, 5.41) is 3.71. The molecule has 1 aromatic heterocycles. The highest BCUT2D eigenvalue weighted by Gasteiger charge is 2.16. The summed E-state index contributed by atoms with van der Waals surface area (Å²) in [6.07, 6.45) is 0. The van der Waals surface area contributed by atoms with Crippen LogP contribution >= 0.6 is 11.3 Å². The van der Waals surface area contributed by atoms with Gasteiger partial charge in [0.05, 0.1) is 17.7 Å². The molecule has 0 saturated heterocycles. The van der Waals surface area contributed by atoms with Gasteiger partial charge in [0.1, 0.15) is 5.75 Å². The molecule has 0 unspecified atom stereocenters. The highest BCUT2D eigenvalue weighted by atomic mass is 32.2. The van der Waals surface area contributed by atoms with Gasteiger partial charge in [-0.1, -0.05) is 30.3 Å². The first-order valence-electron chi connectivity index (χ1n) is 6.88. The van der Waals surface area contributed by atoms with Gasteiger partial charge in [0.2, 0.25) is 0 Å². The molecule has 118 valence electrons. The molecule has 1 N–H and O–H groups in total. The number of sulfonamides is 1. The van der Waals surface area contributed by atoms with Crippen LogP contribution in [0.15, 0.2) is 70.3 Å². The molecule has 1 heterocycles. The highest BCUT2D eigenvalue weighted by molar-refractivity contribution is 7.92. The summed E-state index contributed by atoms with van der Waals surface area (Å²) in [7, 11) is -1.98. The molecule has 0 amide bonds. The molecular formula is C17H15NO3S2. The van der Waals surface area contributed by atoms with Crippen molar-refractivity contribution < 1.29 is 13.2 Å². The molecule has 0 aliphatic carbocycles. The smallest absolute Gasteiger partial charge is 0.261 e. The number of hydrogen-bond acceptors (Lipinski definition) is 4. The third-order valence-corrected chi connectivity index (χ3v) is 5.49. The lowest BCUT2D eigenvalue weighted by atomic mass is 10.1. The van der Waals surface area contributed by atoms with Crippen molar-refractivity contribution in [1.82, 2.24) is 0 Å². The summed E-state index contributed by atoms with van der Waals surface area (Å²) in [6.45, 7) is 0. The van der Waals surface area contributed by atoms with Crippen LogP contribution in [0.4, 0.5) is 5.69 Å². The fourth-order valence-electron chi connectivity index (χ4n) is 2.17. The molecule has 2 aromatic carbocycles. The summed E-state index contributed by atoms with van der Waals surface area (Å²) in [6, 6.07) is 15.8. The van der Waals surface area contributed by atoms with Crippen LogP contribution < -0.4 is 9.46 Å². The fourth-order valence-corrected chi connectivity index (χ4v) is 4.13. The molecule has 23 heavy (non-hydrogen) atoms. The SMILES string of the molecule is COc1ccc(-c2cscc2NS(=O)(=O)c2ccccc2)cc1. The molecule has 0 fully saturated rings. The maximum absolute atomic E-state index is 12.5.